The van der Waals surface area contributed by atoms with Gasteiger partial charge in [-0.05, 0) is 6.92 Å². The van der Waals surface area contributed by atoms with Crippen LogP contribution in [0.2, 0.25) is 0 Å². The van der Waals surface area contributed by atoms with Gasteiger partial charge in [-0.2, -0.15) is 0 Å². The molecular formula is C3H6Hf. The largest absolute Gasteiger partial charge is 0.103 e. The van der Waals surface area contributed by atoms with E-state index in [2.05, 4.69) is 6.58 Å². The van der Waals surface area contributed by atoms with E-state index in [1.807, 2.05) is 6.92 Å². The maximum atomic E-state index is 3.36. The van der Waals surface area contributed by atoms with Crippen LogP contribution in [0.3, 0.4) is 0 Å². The van der Waals surface area contributed by atoms with Crippen molar-refractivity contribution in [1.29, 1.82) is 0 Å². The first-order valence-electron chi connectivity index (χ1n) is 0.986. The van der Waals surface area contributed by atoms with Crippen molar-refractivity contribution in [3.63, 3.8) is 0 Å². The summed E-state index contributed by atoms with van der Waals surface area (Å²) in [7, 11) is 0. The molecule has 0 heterocycles. The van der Waals surface area contributed by atoms with Crippen LogP contribution in [0.5, 0.6) is 0 Å². The van der Waals surface area contributed by atoms with Crippen LogP contribution in [-0.2, 0) is 25.8 Å². The van der Waals surface area contributed by atoms with Crippen LogP contribution in [-0.4, -0.2) is 0 Å². The van der Waals surface area contributed by atoms with Crippen molar-refractivity contribution in [3.05, 3.63) is 12.7 Å². The third kappa shape index (κ3) is 18.2. The number of allylic oxidation sites excluding steroid dienone is 1. The van der Waals surface area contributed by atoms with Gasteiger partial charge in [0.05, 0.1) is 0 Å². The Morgan fingerprint density at radius 2 is 1.75 bits per heavy atom. The van der Waals surface area contributed by atoms with Gasteiger partial charge in [0.1, 0.15) is 0 Å². The van der Waals surface area contributed by atoms with E-state index in [1.54, 1.807) is 6.08 Å². The Morgan fingerprint density at radius 3 is 1.75 bits per heavy atom. The fourth-order valence-electron chi connectivity index (χ4n) is 0. The number of hydrogen-bond acceptors (Lipinski definition) is 0. The molecule has 4 heavy (non-hydrogen) atoms. The Labute approximate surface area is 45.7 Å². The topological polar surface area (TPSA) is 0 Å². The van der Waals surface area contributed by atoms with Gasteiger partial charge in [0.2, 0.25) is 0 Å². The fraction of sp³-hybridized carbons (Fsp3) is 0.333. The second-order valence-corrected chi connectivity index (χ2v) is 0.408. The standard InChI is InChI=1S/C3H6.Hf/c1-3-2;/h3H,1H2,2H3;. The molecule has 0 N–H and O–H groups in total. The van der Waals surface area contributed by atoms with E-state index in [1.165, 1.54) is 0 Å². The zero-order valence-corrected chi connectivity index (χ0v) is 6.38. The van der Waals surface area contributed by atoms with E-state index < -0.39 is 0 Å². The molecule has 22 valence electrons. The summed E-state index contributed by atoms with van der Waals surface area (Å²) in [5.41, 5.74) is 0. The quantitative estimate of drug-likeness (QED) is 0.425. The minimum Gasteiger partial charge on any atom is -0.103 e. The molecule has 0 saturated heterocycles. The molecule has 0 aromatic rings. The van der Waals surface area contributed by atoms with Crippen LogP contribution in [0.4, 0.5) is 0 Å². The van der Waals surface area contributed by atoms with Gasteiger partial charge in [0.25, 0.3) is 0 Å². The van der Waals surface area contributed by atoms with Crippen LogP contribution in [0.25, 0.3) is 0 Å². The Bertz CT molecular complexity index is 10.8. The minimum atomic E-state index is 0. The van der Waals surface area contributed by atoms with Crippen molar-refractivity contribution in [1.82, 2.24) is 0 Å². The average molecular weight is 221 g/mol. The Balaban J connectivity index is 0. The molecule has 0 aliphatic carbocycles. The van der Waals surface area contributed by atoms with Crippen molar-refractivity contribution in [2.75, 3.05) is 0 Å². The molecule has 0 spiro atoms. The summed E-state index contributed by atoms with van der Waals surface area (Å²) in [5.74, 6) is 0. The molecular weight excluding hydrogens is 215 g/mol. The minimum absolute atomic E-state index is 0. The molecule has 0 amide bonds. The van der Waals surface area contributed by atoms with Gasteiger partial charge in [-0.25, -0.2) is 0 Å². The van der Waals surface area contributed by atoms with Gasteiger partial charge < -0.3 is 0 Å². The number of hydrogen-bond donors (Lipinski definition) is 0. The molecule has 0 aliphatic heterocycles. The summed E-state index contributed by atoms with van der Waals surface area (Å²) in [5, 5.41) is 0. The van der Waals surface area contributed by atoms with Gasteiger partial charge in [0.15, 0.2) is 0 Å². The summed E-state index contributed by atoms with van der Waals surface area (Å²) in [6, 6.07) is 0. The van der Waals surface area contributed by atoms with Crippen molar-refractivity contribution in [2.45, 2.75) is 6.92 Å². The smallest absolute Gasteiger partial charge is 0 e. The van der Waals surface area contributed by atoms with Gasteiger partial charge >= 0.3 is 0 Å². The molecule has 0 fully saturated rings. The first-order valence-corrected chi connectivity index (χ1v) is 0.986. The van der Waals surface area contributed by atoms with Crippen molar-refractivity contribution >= 4 is 0 Å². The van der Waals surface area contributed by atoms with Gasteiger partial charge in [0, 0.05) is 25.8 Å². The summed E-state index contributed by atoms with van der Waals surface area (Å²) in [4.78, 5) is 0. The summed E-state index contributed by atoms with van der Waals surface area (Å²) in [6.07, 6.45) is 1.75. The molecule has 0 aromatic heterocycles. The zero-order chi connectivity index (χ0) is 2.71. The van der Waals surface area contributed by atoms with E-state index >= 15 is 0 Å². The third-order valence-electron chi connectivity index (χ3n) is 0. The molecule has 0 atom stereocenters. The molecule has 0 saturated carbocycles. The molecule has 0 aromatic carbocycles. The van der Waals surface area contributed by atoms with Gasteiger partial charge in [-0.15, -0.1) is 6.58 Å². The Morgan fingerprint density at radius 1 is 1.75 bits per heavy atom. The van der Waals surface area contributed by atoms with Crippen molar-refractivity contribution in [2.24, 2.45) is 0 Å². The van der Waals surface area contributed by atoms with Crippen molar-refractivity contribution < 1.29 is 25.8 Å². The Kier molecular flexibility index (Phi) is 20.9. The Hall–Kier alpha value is 0.610. The molecule has 0 unspecified atom stereocenters. The molecule has 0 nitrogen and oxygen atoms in total. The van der Waals surface area contributed by atoms with Crippen LogP contribution in [0.15, 0.2) is 12.7 Å². The van der Waals surface area contributed by atoms with Gasteiger partial charge in [-0.1, -0.05) is 6.08 Å². The van der Waals surface area contributed by atoms with E-state index in [4.69, 9.17) is 0 Å². The maximum Gasteiger partial charge on any atom is 0 e. The average Bonchev–Trinajstić information content (AvgIpc) is 0.918. The zero-order valence-electron chi connectivity index (χ0n) is 2.78. The molecule has 0 rings (SSSR count). The van der Waals surface area contributed by atoms with E-state index in [9.17, 15) is 0 Å². The van der Waals surface area contributed by atoms with Crippen LogP contribution in [0, 0.1) is 0 Å². The predicted octanol–water partition coefficient (Wildman–Crippen LogP) is 1.19. The van der Waals surface area contributed by atoms with Crippen LogP contribution >= 0.6 is 0 Å². The second kappa shape index (κ2) is 9.49. The SMILES string of the molecule is C=CC.[Hf]. The second-order valence-electron chi connectivity index (χ2n) is 0.408. The van der Waals surface area contributed by atoms with Crippen LogP contribution < -0.4 is 0 Å². The molecule has 1 heteroatoms. The third-order valence-corrected chi connectivity index (χ3v) is 0. The van der Waals surface area contributed by atoms with E-state index in [0.29, 0.717) is 0 Å². The van der Waals surface area contributed by atoms with Gasteiger partial charge in [-0.3, -0.25) is 0 Å². The molecule has 0 aliphatic rings. The summed E-state index contributed by atoms with van der Waals surface area (Å²) in [6.45, 7) is 5.25. The predicted molar refractivity (Wildman–Crippen MR) is 15.9 cm³/mol. The first kappa shape index (κ1) is 8.82. The normalized spacial score (nSPS) is 3.25. The van der Waals surface area contributed by atoms with Crippen molar-refractivity contribution in [3.8, 4) is 0 Å². The van der Waals surface area contributed by atoms with E-state index in [0.717, 1.165) is 0 Å². The van der Waals surface area contributed by atoms with E-state index in [-0.39, 0.29) is 25.8 Å². The summed E-state index contributed by atoms with van der Waals surface area (Å²) < 4.78 is 0. The first-order chi connectivity index (χ1) is 1.41. The molecule has 0 bridgehead atoms. The van der Waals surface area contributed by atoms with Crippen LogP contribution in [0.1, 0.15) is 6.92 Å². The maximum absolute atomic E-state index is 3.36. The monoisotopic (exact) mass is 222 g/mol. The fourth-order valence-corrected chi connectivity index (χ4v) is 0. The number of rotatable bonds is 0. The molecule has 0 radical (unpaired) electrons. The summed E-state index contributed by atoms with van der Waals surface area (Å²) >= 11 is 0.